The summed E-state index contributed by atoms with van der Waals surface area (Å²) < 4.78 is 5.25. The van der Waals surface area contributed by atoms with Gasteiger partial charge < -0.3 is 15.0 Å². The summed E-state index contributed by atoms with van der Waals surface area (Å²) in [5.41, 5.74) is 8.05. The lowest BCUT2D eigenvalue weighted by Gasteiger charge is -2.47. The first-order valence-electron chi connectivity index (χ1n) is 10.4. The molecule has 0 bridgehead atoms. The van der Waals surface area contributed by atoms with Crippen molar-refractivity contribution in [3.63, 3.8) is 0 Å². The van der Waals surface area contributed by atoms with Gasteiger partial charge in [0.25, 0.3) is 0 Å². The quantitative estimate of drug-likeness (QED) is 0.523. The predicted octanol–water partition coefficient (Wildman–Crippen LogP) is 5.27. The average Bonchev–Trinajstić information content (AvgIpc) is 2.69. The first-order chi connectivity index (χ1) is 14.3. The Labute approximate surface area is 179 Å². The van der Waals surface area contributed by atoms with Crippen LogP contribution in [0.25, 0.3) is 0 Å². The molecule has 6 heteroatoms. The molecule has 160 valence electrons. The molecule has 0 saturated heterocycles. The van der Waals surface area contributed by atoms with Crippen LogP contribution in [0.3, 0.4) is 0 Å². The van der Waals surface area contributed by atoms with Crippen molar-refractivity contribution in [1.82, 2.24) is 5.43 Å². The molecule has 2 amide bonds. The van der Waals surface area contributed by atoms with Crippen molar-refractivity contribution in [1.29, 1.82) is 0 Å². The molecule has 3 rings (SSSR count). The highest BCUT2D eigenvalue weighted by Crippen LogP contribution is 2.43. The number of para-hydroxylation sites is 2. The van der Waals surface area contributed by atoms with Gasteiger partial charge in [-0.25, -0.2) is 10.2 Å². The van der Waals surface area contributed by atoms with Crippen LogP contribution in [0.4, 0.5) is 16.2 Å². The zero-order valence-corrected chi connectivity index (χ0v) is 18.7. The highest BCUT2D eigenvalue weighted by molar-refractivity contribution is 5.92. The van der Waals surface area contributed by atoms with Crippen LogP contribution < -0.4 is 20.4 Å². The van der Waals surface area contributed by atoms with Gasteiger partial charge in [0, 0.05) is 17.8 Å². The second-order valence-corrected chi connectivity index (χ2v) is 8.45. The molecule has 1 aliphatic heterocycles. The lowest BCUT2D eigenvalue weighted by Crippen LogP contribution is -2.48. The number of carbonyl (C=O) groups excluding carboxylic acids is 1. The molecule has 6 nitrogen and oxygen atoms in total. The molecule has 0 radical (unpaired) electrons. The van der Waals surface area contributed by atoms with Crippen molar-refractivity contribution >= 4 is 23.6 Å². The summed E-state index contributed by atoms with van der Waals surface area (Å²) in [7, 11) is 1.57. The minimum Gasteiger partial charge on any atom is -0.495 e. The molecule has 1 heterocycles. The summed E-state index contributed by atoms with van der Waals surface area (Å²) >= 11 is 0. The Kier molecular flexibility index (Phi) is 6.34. The number of aryl methyl sites for hydroxylation is 1. The summed E-state index contributed by atoms with van der Waals surface area (Å²) in [5, 5.41) is 6.90. The van der Waals surface area contributed by atoms with E-state index in [2.05, 4.69) is 67.5 Å². The van der Waals surface area contributed by atoms with Crippen LogP contribution in [-0.2, 0) is 0 Å². The van der Waals surface area contributed by atoms with Crippen LogP contribution in [0.5, 0.6) is 5.75 Å². The van der Waals surface area contributed by atoms with Crippen molar-refractivity contribution in [3.8, 4) is 5.75 Å². The number of nitrogens with one attached hydrogen (secondary N) is 2. The SMILES string of the molecule is CCN1c2cc(C)c(/C=N\NC(=O)Nc3ccccc3OC)cc2C(C)CC1(C)C. The Morgan fingerprint density at radius 2 is 2.07 bits per heavy atom. The van der Waals surface area contributed by atoms with E-state index in [-0.39, 0.29) is 5.54 Å². The summed E-state index contributed by atoms with van der Waals surface area (Å²) in [5.74, 6) is 1.06. The Balaban J connectivity index is 1.75. The first-order valence-corrected chi connectivity index (χ1v) is 10.4. The van der Waals surface area contributed by atoms with E-state index in [1.807, 2.05) is 12.1 Å². The van der Waals surface area contributed by atoms with Gasteiger partial charge >= 0.3 is 6.03 Å². The van der Waals surface area contributed by atoms with E-state index in [0.29, 0.717) is 17.4 Å². The summed E-state index contributed by atoms with van der Waals surface area (Å²) in [6, 6.07) is 11.3. The van der Waals surface area contributed by atoms with Crippen LogP contribution in [0.2, 0.25) is 0 Å². The number of hydrazone groups is 1. The second-order valence-electron chi connectivity index (χ2n) is 8.45. The Morgan fingerprint density at radius 3 is 2.77 bits per heavy atom. The smallest absolute Gasteiger partial charge is 0.339 e. The number of carbonyl (C=O) groups is 1. The number of anilines is 2. The van der Waals surface area contributed by atoms with Gasteiger partial charge in [-0.05, 0) is 81.0 Å². The second kappa shape index (κ2) is 8.78. The molecule has 0 spiro atoms. The topological polar surface area (TPSA) is 66.0 Å². The number of hydrogen-bond acceptors (Lipinski definition) is 4. The third-order valence-electron chi connectivity index (χ3n) is 5.81. The third-order valence-corrected chi connectivity index (χ3v) is 5.81. The number of methoxy groups -OCH3 is 1. The number of ether oxygens (including phenoxy) is 1. The van der Waals surface area contributed by atoms with Crippen molar-refractivity contribution in [2.75, 3.05) is 23.9 Å². The molecule has 0 saturated carbocycles. The maximum Gasteiger partial charge on any atom is 0.339 e. The van der Waals surface area contributed by atoms with Gasteiger partial charge in [0.15, 0.2) is 0 Å². The van der Waals surface area contributed by atoms with E-state index in [9.17, 15) is 4.79 Å². The number of hydrogen-bond donors (Lipinski definition) is 2. The largest absolute Gasteiger partial charge is 0.495 e. The van der Waals surface area contributed by atoms with Crippen LogP contribution in [0.1, 0.15) is 56.7 Å². The molecule has 30 heavy (non-hydrogen) atoms. The monoisotopic (exact) mass is 408 g/mol. The van der Waals surface area contributed by atoms with E-state index < -0.39 is 6.03 Å². The lowest BCUT2D eigenvalue weighted by molar-refractivity contribution is 0.252. The number of rotatable bonds is 5. The fraction of sp³-hybridized carbons (Fsp3) is 0.417. The maximum atomic E-state index is 12.2. The number of urea groups is 1. The summed E-state index contributed by atoms with van der Waals surface area (Å²) in [6.07, 6.45) is 2.81. The van der Waals surface area contributed by atoms with Crippen molar-refractivity contribution in [2.24, 2.45) is 5.10 Å². The molecule has 2 aromatic rings. The Morgan fingerprint density at radius 1 is 1.33 bits per heavy atom. The summed E-state index contributed by atoms with van der Waals surface area (Å²) in [4.78, 5) is 14.7. The highest BCUT2D eigenvalue weighted by Gasteiger charge is 2.35. The molecule has 0 aromatic heterocycles. The minimum atomic E-state index is -0.418. The maximum absolute atomic E-state index is 12.2. The number of amides is 2. The molecule has 2 N–H and O–H groups in total. The van der Waals surface area contributed by atoms with E-state index >= 15 is 0 Å². The van der Waals surface area contributed by atoms with Gasteiger partial charge in [-0.15, -0.1) is 0 Å². The van der Waals surface area contributed by atoms with Gasteiger partial charge in [0.1, 0.15) is 5.75 Å². The normalized spacial score (nSPS) is 17.5. The van der Waals surface area contributed by atoms with E-state index in [4.69, 9.17) is 4.74 Å². The predicted molar refractivity (Wildman–Crippen MR) is 124 cm³/mol. The standard InChI is InChI=1S/C24H32N4O2/c1-7-28-21-12-16(2)18(13-19(21)17(3)14-24(28,4)5)15-25-27-23(29)26-20-10-8-9-11-22(20)30-6/h8-13,15,17H,7,14H2,1-6H3,(H2,26,27,29)/b25-15-. The van der Waals surface area contributed by atoms with E-state index in [1.165, 1.54) is 11.3 Å². The van der Waals surface area contributed by atoms with Crippen molar-refractivity contribution in [3.05, 3.63) is 53.1 Å². The van der Waals surface area contributed by atoms with Gasteiger partial charge in [-0.1, -0.05) is 19.1 Å². The summed E-state index contributed by atoms with van der Waals surface area (Å²) in [6.45, 7) is 12.2. The molecule has 1 unspecified atom stereocenters. The van der Waals surface area contributed by atoms with Gasteiger partial charge in [0.05, 0.1) is 19.0 Å². The van der Waals surface area contributed by atoms with Gasteiger partial charge in [0.2, 0.25) is 0 Å². The van der Waals surface area contributed by atoms with Crippen molar-refractivity contribution < 1.29 is 9.53 Å². The number of fused-ring (bicyclic) bond motifs is 1. The number of nitrogens with zero attached hydrogens (tertiary/aromatic N) is 2. The third kappa shape index (κ3) is 4.42. The molecular weight excluding hydrogens is 376 g/mol. The minimum absolute atomic E-state index is 0.140. The van der Waals surface area contributed by atoms with Crippen LogP contribution in [0, 0.1) is 6.92 Å². The van der Waals surface area contributed by atoms with E-state index in [1.54, 1.807) is 25.5 Å². The molecular formula is C24H32N4O2. The molecule has 1 atom stereocenters. The van der Waals surface area contributed by atoms with Crippen molar-refractivity contribution in [2.45, 2.75) is 52.5 Å². The first kappa shape index (κ1) is 21.7. The van der Waals surface area contributed by atoms with E-state index in [0.717, 1.165) is 24.1 Å². The molecule has 2 aromatic carbocycles. The Hall–Kier alpha value is -3.02. The van der Waals surface area contributed by atoms with Crippen LogP contribution in [0.15, 0.2) is 41.5 Å². The lowest BCUT2D eigenvalue weighted by atomic mass is 9.79. The Bertz CT molecular complexity index is 952. The van der Waals surface area contributed by atoms with Crippen LogP contribution >= 0.6 is 0 Å². The molecule has 0 fully saturated rings. The molecule has 0 aliphatic carbocycles. The average molecular weight is 409 g/mol. The number of benzene rings is 2. The fourth-order valence-corrected chi connectivity index (χ4v) is 4.45. The zero-order chi connectivity index (χ0) is 21.9. The van der Waals surface area contributed by atoms with Gasteiger partial charge in [-0.3, -0.25) is 0 Å². The fourth-order valence-electron chi connectivity index (χ4n) is 4.45. The van der Waals surface area contributed by atoms with Crippen LogP contribution in [-0.4, -0.2) is 31.4 Å². The molecule has 1 aliphatic rings. The zero-order valence-electron chi connectivity index (χ0n) is 18.7. The highest BCUT2D eigenvalue weighted by atomic mass is 16.5. The van der Waals surface area contributed by atoms with Gasteiger partial charge in [-0.2, -0.15) is 5.10 Å².